The third-order valence-corrected chi connectivity index (χ3v) is 3.33. The Morgan fingerprint density at radius 3 is 2.33 bits per heavy atom. The van der Waals surface area contributed by atoms with E-state index in [0.29, 0.717) is 17.1 Å². The van der Waals surface area contributed by atoms with Crippen LogP contribution in [0.15, 0.2) is 18.2 Å². The fraction of sp³-hybridized carbons (Fsp3) is 0.417. The van der Waals surface area contributed by atoms with E-state index in [1.54, 1.807) is 18.2 Å². The van der Waals surface area contributed by atoms with Crippen molar-refractivity contribution in [1.82, 2.24) is 0 Å². The first-order chi connectivity index (χ1) is 8.54. The molecule has 0 aliphatic rings. The molecule has 1 N–H and O–H groups in total. The number of esters is 1. The second kappa shape index (κ2) is 6.61. The molecule has 0 fully saturated rings. The van der Waals surface area contributed by atoms with Crippen LogP contribution >= 0.6 is 15.9 Å². The lowest BCUT2D eigenvalue weighted by Gasteiger charge is -2.17. The smallest absolute Gasteiger partial charge is 0.322 e. The summed E-state index contributed by atoms with van der Waals surface area (Å²) in [6.07, 6.45) is -1.03. The van der Waals surface area contributed by atoms with Crippen LogP contribution in [0, 0.1) is 0 Å². The summed E-state index contributed by atoms with van der Waals surface area (Å²) in [4.78, 5) is 10.5. The third kappa shape index (κ3) is 3.14. The third-order valence-electron chi connectivity index (χ3n) is 2.45. The highest BCUT2D eigenvalue weighted by Crippen LogP contribution is 2.32. The molecule has 0 aliphatic heterocycles. The van der Waals surface area contributed by atoms with Crippen LogP contribution in [0.25, 0.3) is 0 Å². The van der Waals surface area contributed by atoms with E-state index >= 15 is 0 Å². The predicted molar refractivity (Wildman–Crippen MR) is 69.2 cm³/mol. The minimum atomic E-state index is -1.03. The first-order valence-electron chi connectivity index (χ1n) is 5.17. The van der Waals surface area contributed by atoms with Gasteiger partial charge in [-0.1, -0.05) is 22.0 Å². The van der Waals surface area contributed by atoms with Crippen LogP contribution in [0.5, 0.6) is 11.5 Å². The molecular weight excluding hydrogens is 304 g/mol. The van der Waals surface area contributed by atoms with Gasteiger partial charge in [-0.15, -0.1) is 0 Å². The number of halogens is 1. The van der Waals surface area contributed by atoms with Crippen LogP contribution < -0.4 is 9.47 Å². The second-order valence-electron chi connectivity index (χ2n) is 3.48. The van der Waals surface area contributed by atoms with Gasteiger partial charge in [0.2, 0.25) is 0 Å². The largest absolute Gasteiger partial charge is 0.493 e. The number of methoxy groups -OCH3 is 3. The summed E-state index contributed by atoms with van der Waals surface area (Å²) in [5.74, 6) is 0.494. The van der Waals surface area contributed by atoms with E-state index in [-0.39, 0.29) is 0 Å². The van der Waals surface area contributed by atoms with Crippen molar-refractivity contribution in [3.8, 4) is 11.5 Å². The molecule has 6 heteroatoms. The minimum Gasteiger partial charge on any atom is -0.493 e. The first-order valence-corrected chi connectivity index (χ1v) is 6.08. The van der Waals surface area contributed by atoms with Crippen molar-refractivity contribution in [3.05, 3.63) is 23.8 Å². The monoisotopic (exact) mass is 318 g/mol. The number of benzene rings is 1. The van der Waals surface area contributed by atoms with Gasteiger partial charge in [0.05, 0.1) is 21.3 Å². The fourth-order valence-electron chi connectivity index (χ4n) is 1.45. The standard InChI is InChI=1S/C12H15BrO5/c1-16-8-5-4-7(6-9(8)17-2)11(14)10(13)12(15)18-3/h4-6,10-11,14H,1-3H3/t10-,11-/m0/s1. The Morgan fingerprint density at radius 2 is 1.83 bits per heavy atom. The van der Waals surface area contributed by atoms with Gasteiger partial charge in [0.15, 0.2) is 11.5 Å². The van der Waals surface area contributed by atoms with Crippen molar-refractivity contribution < 1.29 is 24.1 Å². The zero-order chi connectivity index (χ0) is 13.7. The zero-order valence-corrected chi connectivity index (χ0v) is 11.9. The van der Waals surface area contributed by atoms with E-state index in [1.807, 2.05) is 0 Å². The Hall–Kier alpha value is -1.27. The molecule has 0 saturated carbocycles. The lowest BCUT2D eigenvalue weighted by molar-refractivity contribution is -0.141. The van der Waals surface area contributed by atoms with E-state index in [9.17, 15) is 9.90 Å². The average molecular weight is 319 g/mol. The fourth-order valence-corrected chi connectivity index (χ4v) is 1.94. The van der Waals surface area contributed by atoms with Gasteiger partial charge < -0.3 is 19.3 Å². The molecule has 0 aliphatic carbocycles. The van der Waals surface area contributed by atoms with Gasteiger partial charge in [-0.05, 0) is 17.7 Å². The van der Waals surface area contributed by atoms with Gasteiger partial charge in [-0.25, -0.2) is 0 Å². The molecule has 1 rings (SSSR count). The zero-order valence-electron chi connectivity index (χ0n) is 10.3. The molecule has 0 bridgehead atoms. The molecule has 0 saturated heterocycles. The number of carbonyl (C=O) groups is 1. The first kappa shape index (κ1) is 14.8. The van der Waals surface area contributed by atoms with Crippen molar-refractivity contribution in [1.29, 1.82) is 0 Å². The highest BCUT2D eigenvalue weighted by atomic mass is 79.9. The van der Waals surface area contributed by atoms with Gasteiger partial charge in [0, 0.05) is 0 Å². The number of aliphatic hydroxyl groups excluding tert-OH is 1. The lowest BCUT2D eigenvalue weighted by atomic mass is 10.1. The van der Waals surface area contributed by atoms with Crippen molar-refractivity contribution in [2.75, 3.05) is 21.3 Å². The minimum absolute atomic E-state index is 0.485. The van der Waals surface area contributed by atoms with Crippen LogP contribution in [-0.4, -0.2) is 37.2 Å². The highest BCUT2D eigenvalue weighted by molar-refractivity contribution is 9.10. The summed E-state index contributed by atoms with van der Waals surface area (Å²) < 4.78 is 14.8. The molecule has 0 spiro atoms. The molecule has 1 aromatic carbocycles. The Bertz CT molecular complexity index is 421. The van der Waals surface area contributed by atoms with E-state index in [2.05, 4.69) is 20.7 Å². The van der Waals surface area contributed by atoms with Crippen molar-refractivity contribution in [2.45, 2.75) is 10.9 Å². The van der Waals surface area contributed by atoms with Crippen LogP contribution in [0.4, 0.5) is 0 Å². The summed E-state index contributed by atoms with van der Waals surface area (Å²) in [6, 6.07) is 4.93. The van der Waals surface area contributed by atoms with Gasteiger partial charge in [0.25, 0.3) is 0 Å². The number of hydrogen-bond acceptors (Lipinski definition) is 5. The highest BCUT2D eigenvalue weighted by Gasteiger charge is 2.26. The Balaban J connectivity index is 2.99. The molecule has 100 valence electrons. The van der Waals surface area contributed by atoms with Crippen molar-refractivity contribution >= 4 is 21.9 Å². The summed E-state index contributed by atoms with van der Waals surface area (Å²) in [5, 5.41) is 10.0. The molecule has 18 heavy (non-hydrogen) atoms. The van der Waals surface area contributed by atoms with Crippen molar-refractivity contribution in [3.63, 3.8) is 0 Å². The number of alkyl halides is 1. The maximum absolute atomic E-state index is 11.3. The van der Waals surface area contributed by atoms with Crippen molar-refractivity contribution in [2.24, 2.45) is 0 Å². The maximum atomic E-state index is 11.3. The number of aliphatic hydroxyl groups is 1. The van der Waals surface area contributed by atoms with E-state index < -0.39 is 16.9 Å². The quantitative estimate of drug-likeness (QED) is 0.661. The van der Waals surface area contributed by atoms with Gasteiger partial charge >= 0.3 is 5.97 Å². The summed E-state index contributed by atoms with van der Waals surface area (Å²) in [6.45, 7) is 0. The molecule has 1 aromatic rings. The molecule has 0 heterocycles. The van der Waals surface area contributed by atoms with Crippen LogP contribution in [0.2, 0.25) is 0 Å². The normalized spacial score (nSPS) is 13.6. The molecule has 2 atom stereocenters. The number of hydrogen-bond donors (Lipinski definition) is 1. The predicted octanol–water partition coefficient (Wildman–Crippen LogP) is 1.67. The SMILES string of the molecule is COC(=O)[C@@H](Br)[C@@H](O)c1ccc(OC)c(OC)c1. The average Bonchev–Trinajstić information content (AvgIpc) is 2.43. The Labute approximate surface area is 114 Å². The van der Waals surface area contributed by atoms with Gasteiger partial charge in [-0.2, -0.15) is 0 Å². The van der Waals surface area contributed by atoms with Crippen LogP contribution in [-0.2, 0) is 9.53 Å². The molecule has 5 nitrogen and oxygen atoms in total. The number of rotatable bonds is 5. The lowest BCUT2D eigenvalue weighted by Crippen LogP contribution is -2.23. The van der Waals surface area contributed by atoms with E-state index in [1.165, 1.54) is 21.3 Å². The van der Waals surface area contributed by atoms with E-state index in [0.717, 1.165) is 0 Å². The summed E-state index contributed by atoms with van der Waals surface area (Å²) >= 11 is 3.09. The molecule has 0 unspecified atom stereocenters. The van der Waals surface area contributed by atoms with Gasteiger partial charge in [0.1, 0.15) is 10.9 Å². The van der Waals surface area contributed by atoms with Crippen LogP contribution in [0.1, 0.15) is 11.7 Å². The summed E-state index contributed by atoms with van der Waals surface area (Å²) in [5.41, 5.74) is 0.528. The number of ether oxygens (including phenoxy) is 3. The summed E-state index contributed by atoms with van der Waals surface area (Å²) in [7, 11) is 4.29. The molecule has 0 radical (unpaired) electrons. The second-order valence-corrected chi connectivity index (χ2v) is 4.47. The topological polar surface area (TPSA) is 65.0 Å². The Morgan fingerprint density at radius 1 is 1.22 bits per heavy atom. The van der Waals surface area contributed by atoms with E-state index in [4.69, 9.17) is 9.47 Å². The Kier molecular flexibility index (Phi) is 5.43. The number of carbonyl (C=O) groups excluding carboxylic acids is 1. The molecule has 0 amide bonds. The van der Waals surface area contributed by atoms with Crippen LogP contribution in [0.3, 0.4) is 0 Å². The molecule has 0 aromatic heterocycles. The maximum Gasteiger partial charge on any atom is 0.322 e. The van der Waals surface area contributed by atoms with Gasteiger partial charge in [-0.3, -0.25) is 4.79 Å². The molecular formula is C12H15BrO5.